The van der Waals surface area contributed by atoms with Gasteiger partial charge in [0.05, 0.1) is 18.2 Å². The lowest BCUT2D eigenvalue weighted by Gasteiger charge is -2.22. The van der Waals surface area contributed by atoms with Crippen molar-refractivity contribution in [1.82, 2.24) is 10.3 Å². The second kappa shape index (κ2) is 6.70. The molecule has 3 N–H and O–H groups in total. The maximum Gasteiger partial charge on any atom is 0.239 e. The number of likely N-dealkylation sites (N-methyl/N-ethyl adjacent to an activating group) is 1. The SMILES string of the molecule is CN(CC(=O)NCC(C)(O)CO)c1ccc(Cl)cn1. The molecule has 1 heterocycles. The van der Waals surface area contributed by atoms with Gasteiger partial charge in [-0.15, -0.1) is 0 Å². The van der Waals surface area contributed by atoms with E-state index in [0.717, 1.165) is 0 Å². The van der Waals surface area contributed by atoms with Gasteiger partial charge in [0.2, 0.25) is 5.91 Å². The summed E-state index contributed by atoms with van der Waals surface area (Å²) in [6.45, 7) is 1.11. The van der Waals surface area contributed by atoms with E-state index in [2.05, 4.69) is 10.3 Å². The van der Waals surface area contributed by atoms with Crippen molar-refractivity contribution in [1.29, 1.82) is 0 Å². The number of halogens is 1. The lowest BCUT2D eigenvalue weighted by molar-refractivity contribution is -0.121. The Morgan fingerprint density at radius 2 is 2.26 bits per heavy atom. The Kier molecular flexibility index (Phi) is 5.53. The summed E-state index contributed by atoms with van der Waals surface area (Å²) < 4.78 is 0. The van der Waals surface area contributed by atoms with Crippen molar-refractivity contribution in [2.45, 2.75) is 12.5 Å². The molecule has 1 amide bonds. The van der Waals surface area contributed by atoms with E-state index in [0.29, 0.717) is 10.8 Å². The Hall–Kier alpha value is -1.37. The number of amides is 1. The second-order valence-electron chi connectivity index (χ2n) is 4.62. The fraction of sp³-hybridized carbons (Fsp3) is 0.500. The van der Waals surface area contributed by atoms with Crippen LogP contribution in [0.5, 0.6) is 0 Å². The summed E-state index contributed by atoms with van der Waals surface area (Å²) in [5.74, 6) is 0.349. The van der Waals surface area contributed by atoms with Gasteiger partial charge in [0, 0.05) is 19.8 Å². The number of aliphatic hydroxyl groups excluding tert-OH is 1. The zero-order chi connectivity index (χ0) is 14.5. The molecule has 106 valence electrons. The van der Waals surface area contributed by atoms with Gasteiger partial charge in [-0.1, -0.05) is 11.6 Å². The van der Waals surface area contributed by atoms with E-state index in [-0.39, 0.29) is 19.0 Å². The number of carbonyl (C=O) groups is 1. The number of aromatic nitrogens is 1. The molecule has 0 fully saturated rings. The summed E-state index contributed by atoms with van der Waals surface area (Å²) in [7, 11) is 1.72. The smallest absolute Gasteiger partial charge is 0.239 e. The van der Waals surface area contributed by atoms with Gasteiger partial charge in [-0.3, -0.25) is 4.79 Å². The lowest BCUT2D eigenvalue weighted by atomic mass is 10.1. The average Bonchev–Trinajstić information content (AvgIpc) is 2.37. The highest BCUT2D eigenvalue weighted by Gasteiger charge is 2.20. The maximum atomic E-state index is 11.7. The van der Waals surface area contributed by atoms with Crippen LogP contribution in [0.1, 0.15) is 6.92 Å². The molecule has 1 rings (SSSR count). The molecule has 1 aromatic rings. The number of aliphatic hydroxyl groups is 2. The molecule has 0 spiro atoms. The number of hydrogen-bond donors (Lipinski definition) is 3. The van der Waals surface area contributed by atoms with Crippen LogP contribution in [0.2, 0.25) is 5.02 Å². The normalized spacial score (nSPS) is 13.7. The molecule has 0 radical (unpaired) electrons. The number of nitrogens with zero attached hydrogens (tertiary/aromatic N) is 2. The molecule has 1 aromatic heterocycles. The van der Waals surface area contributed by atoms with Crippen LogP contribution >= 0.6 is 11.6 Å². The monoisotopic (exact) mass is 287 g/mol. The van der Waals surface area contributed by atoms with Crippen LogP contribution in [0.3, 0.4) is 0 Å². The summed E-state index contributed by atoms with van der Waals surface area (Å²) in [5, 5.41) is 21.5. The Morgan fingerprint density at radius 3 is 2.79 bits per heavy atom. The van der Waals surface area contributed by atoms with Gasteiger partial charge in [0.25, 0.3) is 0 Å². The minimum atomic E-state index is -1.31. The van der Waals surface area contributed by atoms with Crippen molar-refractivity contribution in [2.24, 2.45) is 0 Å². The van der Waals surface area contributed by atoms with Crippen LogP contribution < -0.4 is 10.2 Å². The molecule has 7 heteroatoms. The summed E-state index contributed by atoms with van der Waals surface area (Å²) in [5.41, 5.74) is -1.31. The first-order valence-corrected chi connectivity index (χ1v) is 6.14. The first kappa shape index (κ1) is 15.7. The molecule has 0 aliphatic heterocycles. The first-order valence-electron chi connectivity index (χ1n) is 5.77. The van der Waals surface area contributed by atoms with Gasteiger partial charge < -0.3 is 20.4 Å². The zero-order valence-electron chi connectivity index (χ0n) is 10.9. The van der Waals surface area contributed by atoms with Crippen LogP contribution in [0.15, 0.2) is 18.3 Å². The van der Waals surface area contributed by atoms with Gasteiger partial charge in [0.1, 0.15) is 11.4 Å². The van der Waals surface area contributed by atoms with Crippen molar-refractivity contribution >= 4 is 23.3 Å². The van der Waals surface area contributed by atoms with E-state index < -0.39 is 12.2 Å². The molecule has 1 atom stereocenters. The molecular formula is C12H18ClN3O3. The Balaban J connectivity index is 2.46. The first-order chi connectivity index (χ1) is 8.84. The number of rotatable bonds is 6. The highest BCUT2D eigenvalue weighted by atomic mass is 35.5. The number of hydrogen-bond acceptors (Lipinski definition) is 5. The summed E-state index contributed by atoms with van der Waals surface area (Å²) >= 11 is 5.73. The van der Waals surface area contributed by atoms with Crippen LogP contribution in [0.4, 0.5) is 5.82 Å². The second-order valence-corrected chi connectivity index (χ2v) is 5.06. The Morgan fingerprint density at radius 1 is 1.58 bits per heavy atom. The third kappa shape index (κ3) is 5.42. The minimum absolute atomic E-state index is 0.00970. The fourth-order valence-electron chi connectivity index (χ4n) is 1.29. The quantitative estimate of drug-likeness (QED) is 0.687. The van der Waals surface area contributed by atoms with E-state index in [1.165, 1.54) is 13.1 Å². The predicted molar refractivity (Wildman–Crippen MR) is 73.2 cm³/mol. The highest BCUT2D eigenvalue weighted by molar-refractivity contribution is 6.30. The fourth-order valence-corrected chi connectivity index (χ4v) is 1.40. The highest BCUT2D eigenvalue weighted by Crippen LogP contribution is 2.12. The van der Waals surface area contributed by atoms with E-state index in [1.807, 2.05) is 0 Å². The molecule has 0 saturated heterocycles. The van der Waals surface area contributed by atoms with Crippen molar-refractivity contribution in [3.05, 3.63) is 23.4 Å². The minimum Gasteiger partial charge on any atom is -0.393 e. The maximum absolute atomic E-state index is 11.7. The zero-order valence-corrected chi connectivity index (χ0v) is 11.7. The topological polar surface area (TPSA) is 85.7 Å². The van der Waals surface area contributed by atoms with Gasteiger partial charge in [-0.25, -0.2) is 4.98 Å². The number of pyridine rings is 1. The molecule has 0 bridgehead atoms. The predicted octanol–water partition coefficient (Wildman–Crippen LogP) is 0.0307. The van der Waals surface area contributed by atoms with Gasteiger partial charge >= 0.3 is 0 Å². The molecule has 0 aromatic carbocycles. The largest absolute Gasteiger partial charge is 0.393 e. The number of anilines is 1. The van der Waals surface area contributed by atoms with E-state index in [1.54, 1.807) is 24.1 Å². The van der Waals surface area contributed by atoms with Crippen molar-refractivity contribution < 1.29 is 15.0 Å². The Labute approximate surface area is 117 Å². The third-order valence-corrected chi connectivity index (χ3v) is 2.71. The van der Waals surface area contributed by atoms with Crippen LogP contribution in [-0.4, -0.2) is 53.4 Å². The van der Waals surface area contributed by atoms with Crippen LogP contribution in [0, 0.1) is 0 Å². The standard InChI is InChI=1S/C12H18ClN3O3/c1-12(19,8-17)7-15-11(18)6-16(2)10-4-3-9(13)5-14-10/h3-5,17,19H,6-8H2,1-2H3,(H,15,18). The van der Waals surface area contributed by atoms with Crippen molar-refractivity contribution in [3.8, 4) is 0 Å². The van der Waals surface area contributed by atoms with Gasteiger partial charge in [-0.05, 0) is 19.1 Å². The molecule has 0 aliphatic rings. The van der Waals surface area contributed by atoms with Crippen molar-refractivity contribution in [2.75, 3.05) is 31.6 Å². The van der Waals surface area contributed by atoms with E-state index in [4.69, 9.17) is 16.7 Å². The molecule has 0 aliphatic carbocycles. The molecular weight excluding hydrogens is 270 g/mol. The number of carbonyl (C=O) groups excluding carboxylic acids is 1. The van der Waals surface area contributed by atoms with Crippen molar-refractivity contribution in [3.63, 3.8) is 0 Å². The van der Waals surface area contributed by atoms with Crippen LogP contribution in [0.25, 0.3) is 0 Å². The molecule has 19 heavy (non-hydrogen) atoms. The summed E-state index contributed by atoms with van der Waals surface area (Å²) in [6, 6.07) is 3.40. The summed E-state index contributed by atoms with van der Waals surface area (Å²) in [4.78, 5) is 17.4. The molecule has 1 unspecified atom stereocenters. The summed E-state index contributed by atoms with van der Waals surface area (Å²) in [6.07, 6.45) is 1.50. The van der Waals surface area contributed by atoms with Gasteiger partial charge in [-0.2, -0.15) is 0 Å². The van der Waals surface area contributed by atoms with E-state index >= 15 is 0 Å². The number of nitrogens with one attached hydrogen (secondary N) is 1. The average molecular weight is 288 g/mol. The molecule has 6 nitrogen and oxygen atoms in total. The Bertz CT molecular complexity index is 423. The lowest BCUT2D eigenvalue weighted by Crippen LogP contribution is -2.46. The van der Waals surface area contributed by atoms with Crippen LogP contribution in [-0.2, 0) is 4.79 Å². The van der Waals surface area contributed by atoms with Gasteiger partial charge in [0.15, 0.2) is 0 Å². The molecule has 0 saturated carbocycles. The van der Waals surface area contributed by atoms with E-state index in [9.17, 15) is 9.90 Å². The third-order valence-electron chi connectivity index (χ3n) is 2.49.